The first-order valence-corrected chi connectivity index (χ1v) is 20.9. The van der Waals surface area contributed by atoms with E-state index < -0.39 is 59.2 Å². The van der Waals surface area contributed by atoms with Crippen molar-refractivity contribution in [1.29, 1.82) is 0 Å². The first-order chi connectivity index (χ1) is 29.7. The van der Waals surface area contributed by atoms with Crippen molar-refractivity contribution in [3.63, 3.8) is 0 Å². The first kappa shape index (κ1) is 43.3. The Morgan fingerprint density at radius 1 is 1.05 bits per heavy atom. The summed E-state index contributed by atoms with van der Waals surface area (Å²) in [5.41, 5.74) is 0.564. The molecule has 5 aromatic rings. The second kappa shape index (κ2) is 17.4. The summed E-state index contributed by atoms with van der Waals surface area (Å²) in [6, 6.07) is 18.9. The second-order valence-corrected chi connectivity index (χ2v) is 17.2. The summed E-state index contributed by atoms with van der Waals surface area (Å²) < 4.78 is 59.3. The van der Waals surface area contributed by atoms with Crippen molar-refractivity contribution >= 4 is 5.97 Å². The number of halogens is 2. The molecule has 2 aromatic heterocycles. The lowest BCUT2D eigenvalue weighted by atomic mass is 9.90. The van der Waals surface area contributed by atoms with Gasteiger partial charge < -0.3 is 24.3 Å². The average molecular weight is 857 g/mol. The number of aromatic nitrogens is 6. The van der Waals surface area contributed by atoms with E-state index in [-0.39, 0.29) is 30.7 Å². The Labute approximate surface area is 358 Å². The Morgan fingerprint density at radius 2 is 1.82 bits per heavy atom. The van der Waals surface area contributed by atoms with Crippen LogP contribution in [0.1, 0.15) is 44.9 Å². The minimum Gasteiger partial charge on any atom is -0.496 e. The number of nitrogens with zero attached hydrogens (tertiary/aromatic N) is 8. The maximum absolute atomic E-state index is 16.0. The van der Waals surface area contributed by atoms with Crippen LogP contribution in [-0.2, 0) is 37.1 Å². The number of para-hydroxylation sites is 1. The number of rotatable bonds is 12. The number of methoxy groups -OCH3 is 1. The van der Waals surface area contributed by atoms with Crippen LogP contribution in [0.4, 0.5) is 8.78 Å². The number of hydrogen-bond donors (Lipinski definition) is 2. The molecule has 0 amide bonds. The molecule has 0 aliphatic carbocycles. The van der Waals surface area contributed by atoms with Crippen LogP contribution in [0.3, 0.4) is 0 Å². The van der Waals surface area contributed by atoms with Gasteiger partial charge in [-0.05, 0) is 37.6 Å². The van der Waals surface area contributed by atoms with E-state index in [4.69, 9.17) is 24.0 Å². The van der Waals surface area contributed by atoms with Crippen LogP contribution in [-0.4, -0.2) is 128 Å². The zero-order valence-electron chi connectivity index (χ0n) is 35.8. The van der Waals surface area contributed by atoms with Gasteiger partial charge in [0.15, 0.2) is 11.6 Å². The lowest BCUT2D eigenvalue weighted by molar-refractivity contribution is -0.258. The molecule has 6 atom stereocenters. The van der Waals surface area contributed by atoms with Crippen molar-refractivity contribution in [3.8, 4) is 17.1 Å². The SMILES string of the molecule is COc1ccccc1C1CNCCN1C1(n2nc(-c3ccccc3)[nH]c2=O)C(C2COC(Cn3cncn3)(c3ccc(F)cc3F)O2)N(C)CCN1CC(=O)OC(C)C(C)(C)C. The van der Waals surface area contributed by atoms with Crippen molar-refractivity contribution in [2.45, 2.75) is 70.1 Å². The third-order valence-electron chi connectivity index (χ3n) is 12.4. The summed E-state index contributed by atoms with van der Waals surface area (Å²) >= 11 is 0. The van der Waals surface area contributed by atoms with Gasteiger partial charge in [0.1, 0.15) is 48.8 Å². The highest BCUT2D eigenvalue weighted by atomic mass is 19.1. The lowest BCUT2D eigenvalue weighted by Crippen LogP contribution is -2.80. The van der Waals surface area contributed by atoms with Crippen LogP contribution < -0.4 is 15.7 Å². The van der Waals surface area contributed by atoms with Crippen LogP contribution in [0.5, 0.6) is 5.75 Å². The average Bonchev–Trinajstić information content (AvgIpc) is 4.02. The number of carbonyl (C=O) groups is 1. The summed E-state index contributed by atoms with van der Waals surface area (Å²) in [5, 5.41) is 13.0. The van der Waals surface area contributed by atoms with E-state index in [1.54, 1.807) is 7.11 Å². The molecule has 16 nitrogen and oxygen atoms in total. The summed E-state index contributed by atoms with van der Waals surface area (Å²) in [6.45, 7) is 9.37. The number of benzene rings is 3. The fourth-order valence-corrected chi connectivity index (χ4v) is 9.00. The van der Waals surface area contributed by atoms with Gasteiger partial charge >= 0.3 is 11.7 Å². The first-order valence-electron chi connectivity index (χ1n) is 20.9. The third-order valence-corrected chi connectivity index (χ3v) is 12.4. The smallest absolute Gasteiger partial charge is 0.346 e. The molecule has 6 unspecified atom stereocenters. The Bertz CT molecular complexity index is 2390. The van der Waals surface area contributed by atoms with Crippen molar-refractivity contribution < 1.29 is 32.5 Å². The Hall–Kier alpha value is -5.37. The molecule has 18 heteroatoms. The number of likely N-dealkylation sites (N-methyl/N-ethyl adjacent to an activating group) is 1. The minimum atomic E-state index is -1.83. The number of nitrogens with one attached hydrogen (secondary N) is 2. The quantitative estimate of drug-likeness (QED) is 0.174. The number of hydrogen-bond acceptors (Lipinski definition) is 13. The summed E-state index contributed by atoms with van der Waals surface area (Å²) in [4.78, 5) is 42.7. The molecule has 0 radical (unpaired) electrons. The van der Waals surface area contributed by atoms with Crippen molar-refractivity contribution in [2.24, 2.45) is 5.41 Å². The van der Waals surface area contributed by atoms with E-state index >= 15 is 9.18 Å². The highest BCUT2D eigenvalue weighted by Crippen LogP contribution is 2.48. The lowest BCUT2D eigenvalue weighted by Gasteiger charge is -2.61. The Balaban J connectivity index is 1.37. The number of esters is 1. The number of ether oxygens (including phenoxy) is 4. The molecule has 3 aromatic carbocycles. The van der Waals surface area contributed by atoms with Gasteiger partial charge in [0.2, 0.25) is 5.79 Å². The summed E-state index contributed by atoms with van der Waals surface area (Å²) in [7, 11) is 3.54. The van der Waals surface area contributed by atoms with E-state index in [0.717, 1.165) is 17.7 Å². The fourth-order valence-electron chi connectivity index (χ4n) is 9.00. The molecule has 3 saturated heterocycles. The zero-order chi connectivity index (χ0) is 43.8. The van der Waals surface area contributed by atoms with E-state index in [9.17, 15) is 9.18 Å². The van der Waals surface area contributed by atoms with Crippen molar-refractivity contribution in [1.82, 2.24) is 49.5 Å². The van der Waals surface area contributed by atoms with E-state index in [0.29, 0.717) is 49.9 Å². The Morgan fingerprint density at radius 3 is 2.55 bits per heavy atom. The number of carbonyl (C=O) groups excluding carboxylic acids is 1. The molecule has 3 fully saturated rings. The highest BCUT2D eigenvalue weighted by molar-refractivity contribution is 5.72. The van der Waals surface area contributed by atoms with Gasteiger partial charge in [0.25, 0.3) is 0 Å². The molecule has 5 heterocycles. The largest absolute Gasteiger partial charge is 0.496 e. The van der Waals surface area contributed by atoms with Crippen LogP contribution >= 0.6 is 0 Å². The fraction of sp³-hybridized carbons (Fsp3) is 0.477. The van der Waals surface area contributed by atoms with Crippen LogP contribution in [0.15, 0.2) is 90.2 Å². The van der Waals surface area contributed by atoms with E-state index in [1.165, 1.54) is 28.1 Å². The molecule has 2 N–H and O–H groups in total. The van der Waals surface area contributed by atoms with Crippen LogP contribution in [0, 0.1) is 17.0 Å². The monoisotopic (exact) mass is 856 g/mol. The van der Waals surface area contributed by atoms with Gasteiger partial charge in [-0.25, -0.2) is 23.2 Å². The van der Waals surface area contributed by atoms with Gasteiger partial charge in [-0.3, -0.25) is 24.5 Å². The number of piperazine rings is 2. The molecule has 0 bridgehead atoms. The second-order valence-electron chi connectivity index (χ2n) is 17.2. The number of H-pyrrole nitrogens is 1. The summed E-state index contributed by atoms with van der Waals surface area (Å²) in [6.07, 6.45) is 1.41. The summed E-state index contributed by atoms with van der Waals surface area (Å²) in [5.74, 6) is -4.67. The predicted octanol–water partition coefficient (Wildman–Crippen LogP) is 3.94. The van der Waals surface area contributed by atoms with Crippen molar-refractivity contribution in [3.05, 3.63) is 119 Å². The molecule has 330 valence electrons. The van der Waals surface area contributed by atoms with Gasteiger partial charge in [-0.1, -0.05) is 69.3 Å². The van der Waals surface area contributed by atoms with Gasteiger partial charge in [-0.2, -0.15) is 9.78 Å². The molecule has 0 saturated carbocycles. The van der Waals surface area contributed by atoms with Gasteiger partial charge in [-0.15, -0.1) is 5.10 Å². The molecule has 8 rings (SSSR count). The molecule has 0 spiro atoms. The van der Waals surface area contributed by atoms with Gasteiger partial charge in [0, 0.05) is 55.5 Å². The van der Waals surface area contributed by atoms with E-state index in [2.05, 4.69) is 30.2 Å². The standard InChI is InChI=1S/C44H54F2N10O6/c1-29(42(2,3)4)61-38(57)24-53-21-20-52(5)39(37-25-60-43(62-37,26-54-28-48-27-49-54)33-17-16-31(45)22-34(33)46)44(53,56-41(58)50-40(51-56)30-12-8-7-9-13-30)55-19-18-47-23-35(55)32-14-10-11-15-36(32)59-6/h7-17,22,27-29,35,37,39,47H,18-21,23-26H2,1-6H3,(H,50,51,58). The third kappa shape index (κ3) is 8.06. The van der Waals surface area contributed by atoms with E-state index in [1.807, 2.05) is 94.2 Å². The minimum absolute atomic E-state index is 0.0464. The molecule has 62 heavy (non-hydrogen) atoms. The highest BCUT2D eigenvalue weighted by Gasteiger charge is 2.64. The maximum atomic E-state index is 16.0. The molecular formula is C44H54F2N10O6. The molecule has 3 aliphatic heterocycles. The van der Waals surface area contributed by atoms with Crippen LogP contribution in [0.25, 0.3) is 11.4 Å². The topological polar surface area (TPSA) is 157 Å². The zero-order valence-corrected chi connectivity index (χ0v) is 35.8. The maximum Gasteiger partial charge on any atom is 0.346 e. The Kier molecular flexibility index (Phi) is 12.2. The molecular weight excluding hydrogens is 803 g/mol. The predicted molar refractivity (Wildman–Crippen MR) is 223 cm³/mol. The number of aromatic amines is 1. The van der Waals surface area contributed by atoms with Crippen molar-refractivity contribution in [2.75, 3.05) is 60.0 Å². The normalized spacial score (nSPS) is 25.8. The molecule has 3 aliphatic rings. The van der Waals surface area contributed by atoms with Crippen LogP contribution in [0.2, 0.25) is 0 Å². The van der Waals surface area contributed by atoms with Gasteiger partial charge in [0.05, 0.1) is 32.3 Å².